The molecule has 152 valence electrons. The molecule has 3 rings (SSSR count). The number of hydrogen-bond acceptors (Lipinski definition) is 6. The Hall–Kier alpha value is -4.20. The van der Waals surface area contributed by atoms with Crippen molar-refractivity contribution in [2.45, 2.75) is 6.61 Å². The molecule has 30 heavy (non-hydrogen) atoms. The van der Waals surface area contributed by atoms with Crippen LogP contribution in [0.2, 0.25) is 0 Å². The van der Waals surface area contributed by atoms with Crippen LogP contribution >= 0.6 is 0 Å². The van der Waals surface area contributed by atoms with Gasteiger partial charge in [0.25, 0.3) is 11.8 Å². The largest absolute Gasteiger partial charge is 0.489 e. The van der Waals surface area contributed by atoms with Crippen molar-refractivity contribution in [2.24, 2.45) is 0 Å². The number of hydrogen-bond donors (Lipinski definition) is 2. The van der Waals surface area contributed by atoms with Gasteiger partial charge in [-0.25, -0.2) is 9.59 Å². The van der Waals surface area contributed by atoms with E-state index in [0.29, 0.717) is 17.9 Å². The van der Waals surface area contributed by atoms with E-state index in [0.717, 1.165) is 11.1 Å². The third-order valence-electron chi connectivity index (χ3n) is 4.16. The van der Waals surface area contributed by atoms with Gasteiger partial charge in [-0.15, -0.1) is 0 Å². The van der Waals surface area contributed by atoms with E-state index in [1.165, 1.54) is 13.2 Å². The normalized spacial score (nSPS) is 13.6. The molecular formula is C22H18N2O6. The van der Waals surface area contributed by atoms with Gasteiger partial charge in [-0.3, -0.25) is 20.2 Å². The lowest BCUT2D eigenvalue weighted by atomic mass is 10.1. The lowest BCUT2D eigenvalue weighted by molar-refractivity contribution is -0.124. The fourth-order valence-corrected chi connectivity index (χ4v) is 2.58. The molecule has 2 aromatic carbocycles. The van der Waals surface area contributed by atoms with Gasteiger partial charge in [0.15, 0.2) is 0 Å². The minimum atomic E-state index is -0.832. The van der Waals surface area contributed by atoms with Gasteiger partial charge >= 0.3 is 12.0 Å². The third kappa shape index (κ3) is 5.20. The SMILES string of the molecule is COC(=O)c1ccc(COc2ccc(/C=C/C=C3C(=O)NC(=O)NC3=O)cc2)cc1. The molecule has 2 N–H and O–H groups in total. The van der Waals surface area contributed by atoms with Crippen molar-refractivity contribution in [2.75, 3.05) is 7.11 Å². The van der Waals surface area contributed by atoms with Crippen molar-refractivity contribution < 1.29 is 28.7 Å². The zero-order chi connectivity index (χ0) is 21.5. The summed E-state index contributed by atoms with van der Waals surface area (Å²) >= 11 is 0. The number of benzene rings is 2. The Morgan fingerprint density at radius 2 is 1.57 bits per heavy atom. The van der Waals surface area contributed by atoms with E-state index < -0.39 is 17.8 Å². The molecule has 0 radical (unpaired) electrons. The lowest BCUT2D eigenvalue weighted by Gasteiger charge is -2.12. The van der Waals surface area contributed by atoms with Crippen molar-refractivity contribution in [3.8, 4) is 5.75 Å². The number of barbiturate groups is 1. The van der Waals surface area contributed by atoms with E-state index >= 15 is 0 Å². The Morgan fingerprint density at radius 3 is 2.17 bits per heavy atom. The Morgan fingerprint density at radius 1 is 0.933 bits per heavy atom. The predicted octanol–water partition coefficient (Wildman–Crippen LogP) is 2.36. The molecule has 2 aromatic rings. The van der Waals surface area contributed by atoms with Crippen LogP contribution in [0.4, 0.5) is 4.79 Å². The lowest BCUT2D eigenvalue weighted by Crippen LogP contribution is -2.51. The van der Waals surface area contributed by atoms with Crippen LogP contribution in [0.1, 0.15) is 21.5 Å². The van der Waals surface area contributed by atoms with Gasteiger partial charge in [-0.1, -0.05) is 36.4 Å². The first-order chi connectivity index (χ1) is 14.5. The summed E-state index contributed by atoms with van der Waals surface area (Å²) in [6.45, 7) is 0.339. The van der Waals surface area contributed by atoms with Crippen molar-refractivity contribution in [3.63, 3.8) is 0 Å². The number of carbonyl (C=O) groups excluding carboxylic acids is 4. The quantitative estimate of drug-likeness (QED) is 0.433. The van der Waals surface area contributed by atoms with E-state index in [4.69, 9.17) is 4.74 Å². The van der Waals surface area contributed by atoms with Crippen molar-refractivity contribution >= 4 is 29.9 Å². The number of amides is 4. The third-order valence-corrected chi connectivity index (χ3v) is 4.16. The van der Waals surface area contributed by atoms with E-state index in [1.54, 1.807) is 48.6 Å². The molecule has 0 saturated carbocycles. The summed E-state index contributed by atoms with van der Waals surface area (Å²) in [5.74, 6) is -1.21. The molecule has 0 atom stereocenters. The number of imide groups is 2. The van der Waals surface area contributed by atoms with Crippen LogP contribution in [-0.2, 0) is 20.9 Å². The van der Waals surface area contributed by atoms with E-state index in [9.17, 15) is 19.2 Å². The molecule has 0 aromatic heterocycles. The number of rotatable bonds is 6. The van der Waals surface area contributed by atoms with Gasteiger partial charge in [-0.05, 0) is 41.5 Å². The molecule has 8 nitrogen and oxygen atoms in total. The Bertz CT molecular complexity index is 1010. The second-order valence-electron chi connectivity index (χ2n) is 6.22. The fraction of sp³-hybridized carbons (Fsp3) is 0.0909. The maximum atomic E-state index is 11.6. The van der Waals surface area contributed by atoms with Crippen LogP contribution < -0.4 is 15.4 Å². The van der Waals surface area contributed by atoms with Gasteiger partial charge in [0.05, 0.1) is 12.7 Å². The van der Waals surface area contributed by atoms with Crippen LogP contribution in [-0.4, -0.2) is 30.9 Å². The maximum absolute atomic E-state index is 11.6. The Kier molecular flexibility index (Phi) is 6.39. The van der Waals surface area contributed by atoms with Crippen LogP contribution in [0.15, 0.2) is 66.3 Å². The van der Waals surface area contributed by atoms with E-state index in [1.807, 2.05) is 22.8 Å². The standard InChI is InChI=1S/C22H18N2O6/c1-29-21(27)16-9-5-15(6-10-16)13-30-17-11-7-14(8-12-17)3-2-4-18-19(25)23-22(28)24-20(18)26/h2-12H,13H2,1H3,(H2,23,24,25,26,28)/b3-2+. The molecule has 1 fully saturated rings. The minimum absolute atomic E-state index is 0.149. The monoisotopic (exact) mass is 406 g/mol. The van der Waals surface area contributed by atoms with Gasteiger partial charge in [0.1, 0.15) is 17.9 Å². The second-order valence-corrected chi connectivity index (χ2v) is 6.22. The average Bonchev–Trinajstić information content (AvgIpc) is 2.74. The smallest absolute Gasteiger partial charge is 0.337 e. The average molecular weight is 406 g/mol. The number of esters is 1. The molecule has 0 spiro atoms. The van der Waals surface area contributed by atoms with Gasteiger partial charge in [0, 0.05) is 0 Å². The van der Waals surface area contributed by atoms with Crippen molar-refractivity contribution in [1.82, 2.24) is 10.6 Å². The molecule has 8 heteroatoms. The maximum Gasteiger partial charge on any atom is 0.337 e. The summed E-state index contributed by atoms with van der Waals surface area (Å²) in [5.41, 5.74) is 2.06. The highest BCUT2D eigenvalue weighted by Crippen LogP contribution is 2.16. The Labute approximate surface area is 172 Å². The highest BCUT2D eigenvalue weighted by Gasteiger charge is 2.26. The number of urea groups is 1. The van der Waals surface area contributed by atoms with Crippen LogP contribution in [0.3, 0.4) is 0 Å². The molecule has 1 heterocycles. The predicted molar refractivity (Wildman–Crippen MR) is 107 cm³/mol. The number of nitrogens with one attached hydrogen (secondary N) is 2. The fourth-order valence-electron chi connectivity index (χ4n) is 2.58. The molecule has 0 unspecified atom stereocenters. The molecule has 1 aliphatic heterocycles. The van der Waals surface area contributed by atoms with Crippen LogP contribution in [0.25, 0.3) is 6.08 Å². The van der Waals surface area contributed by atoms with Crippen molar-refractivity contribution in [1.29, 1.82) is 0 Å². The summed E-state index contributed by atoms with van der Waals surface area (Å²) < 4.78 is 10.4. The second kappa shape index (κ2) is 9.33. The van der Waals surface area contributed by atoms with Crippen molar-refractivity contribution in [3.05, 3.63) is 82.9 Å². The summed E-state index contributed by atoms with van der Waals surface area (Å²) in [5, 5.41) is 4.01. The molecule has 1 saturated heterocycles. The van der Waals surface area contributed by atoms with E-state index in [2.05, 4.69) is 4.74 Å². The summed E-state index contributed by atoms with van der Waals surface area (Å²) in [7, 11) is 1.33. The number of allylic oxidation sites excluding steroid dienone is 2. The topological polar surface area (TPSA) is 111 Å². The molecule has 0 aliphatic carbocycles. The van der Waals surface area contributed by atoms with Crippen LogP contribution in [0, 0.1) is 0 Å². The van der Waals surface area contributed by atoms with E-state index in [-0.39, 0.29) is 11.5 Å². The minimum Gasteiger partial charge on any atom is -0.489 e. The van der Waals surface area contributed by atoms with Gasteiger partial charge in [-0.2, -0.15) is 0 Å². The summed E-state index contributed by atoms with van der Waals surface area (Å²) in [6, 6.07) is 13.3. The number of ether oxygens (including phenoxy) is 2. The van der Waals surface area contributed by atoms with Gasteiger partial charge < -0.3 is 9.47 Å². The first kappa shape index (κ1) is 20.5. The molecule has 0 bridgehead atoms. The van der Waals surface area contributed by atoms with Gasteiger partial charge in [0.2, 0.25) is 0 Å². The zero-order valence-electron chi connectivity index (χ0n) is 16.0. The highest BCUT2D eigenvalue weighted by atomic mass is 16.5. The molecule has 4 amide bonds. The number of methoxy groups -OCH3 is 1. The molecular weight excluding hydrogens is 388 g/mol. The summed E-state index contributed by atoms with van der Waals surface area (Å²) in [4.78, 5) is 45.7. The molecule has 1 aliphatic rings. The first-order valence-electron chi connectivity index (χ1n) is 8.91. The summed E-state index contributed by atoms with van der Waals surface area (Å²) in [6.07, 6.45) is 4.59. The zero-order valence-corrected chi connectivity index (χ0v) is 16.0. The van der Waals surface area contributed by atoms with Crippen LogP contribution in [0.5, 0.6) is 5.75 Å². The first-order valence-corrected chi connectivity index (χ1v) is 8.91. The highest BCUT2D eigenvalue weighted by molar-refractivity contribution is 6.29. The Balaban J connectivity index is 1.56. The number of carbonyl (C=O) groups is 4.